The summed E-state index contributed by atoms with van der Waals surface area (Å²) < 4.78 is 2.61. The monoisotopic (exact) mass is 331 g/mol. The second-order valence-corrected chi connectivity index (χ2v) is 7.60. The second-order valence-electron chi connectivity index (χ2n) is 7.60. The van der Waals surface area contributed by atoms with E-state index in [0.717, 1.165) is 19.0 Å². The molecule has 2 atom stereocenters. The molecular formula is C22H25N3. The van der Waals surface area contributed by atoms with Gasteiger partial charge in [0.1, 0.15) is 0 Å². The van der Waals surface area contributed by atoms with Crippen LogP contribution in [0.2, 0.25) is 0 Å². The summed E-state index contributed by atoms with van der Waals surface area (Å²) in [6.45, 7) is 1.06. The fourth-order valence-corrected chi connectivity index (χ4v) is 5.05. The zero-order chi connectivity index (χ0) is 16.8. The van der Waals surface area contributed by atoms with Gasteiger partial charge in [-0.1, -0.05) is 18.2 Å². The first kappa shape index (κ1) is 15.2. The number of fused-ring (bicyclic) bond motifs is 6. The molecule has 4 heterocycles. The van der Waals surface area contributed by atoms with Gasteiger partial charge in [0.05, 0.1) is 0 Å². The molecule has 2 aliphatic rings. The molecular weight excluding hydrogens is 306 g/mol. The van der Waals surface area contributed by atoms with E-state index in [4.69, 9.17) is 0 Å². The van der Waals surface area contributed by atoms with Gasteiger partial charge in [-0.25, -0.2) is 0 Å². The number of rotatable bonds is 3. The molecule has 128 valence electrons. The third kappa shape index (κ3) is 2.41. The molecule has 2 bridgehead atoms. The van der Waals surface area contributed by atoms with Crippen LogP contribution in [0.4, 0.5) is 0 Å². The molecule has 2 unspecified atom stereocenters. The number of likely N-dealkylation sites (N-methyl/N-ethyl adjacent to an activating group) is 1. The molecule has 1 aromatic carbocycles. The van der Waals surface area contributed by atoms with Gasteiger partial charge < -0.3 is 4.57 Å². The van der Waals surface area contributed by atoms with E-state index in [1.165, 1.54) is 42.1 Å². The Morgan fingerprint density at radius 3 is 2.80 bits per heavy atom. The first-order valence-corrected chi connectivity index (χ1v) is 9.54. The summed E-state index contributed by atoms with van der Waals surface area (Å²) in [6, 6.07) is 14.6. The van der Waals surface area contributed by atoms with Crippen molar-refractivity contribution in [2.75, 3.05) is 7.05 Å². The SMILES string of the molecule is CN1C2CCCC1c1c(n(CCc3ccncc3)c3ccccc13)C2. The molecule has 0 amide bonds. The Kier molecular flexibility index (Phi) is 3.63. The van der Waals surface area contributed by atoms with E-state index in [-0.39, 0.29) is 0 Å². The summed E-state index contributed by atoms with van der Waals surface area (Å²) in [6.07, 6.45) is 10.1. The number of aryl methyl sites for hydroxylation is 2. The fourth-order valence-electron chi connectivity index (χ4n) is 5.05. The molecule has 0 saturated carbocycles. The largest absolute Gasteiger partial charge is 0.344 e. The number of para-hydroxylation sites is 1. The van der Waals surface area contributed by atoms with Crippen molar-refractivity contribution in [1.82, 2.24) is 14.5 Å². The summed E-state index contributed by atoms with van der Waals surface area (Å²) in [5.41, 5.74) is 6.00. The summed E-state index contributed by atoms with van der Waals surface area (Å²) in [5, 5.41) is 1.48. The van der Waals surface area contributed by atoms with E-state index < -0.39 is 0 Å². The Morgan fingerprint density at radius 2 is 1.92 bits per heavy atom. The van der Waals surface area contributed by atoms with E-state index >= 15 is 0 Å². The maximum atomic E-state index is 4.15. The van der Waals surface area contributed by atoms with Crippen LogP contribution < -0.4 is 0 Å². The Morgan fingerprint density at radius 1 is 1.08 bits per heavy atom. The lowest BCUT2D eigenvalue weighted by atomic mass is 9.82. The van der Waals surface area contributed by atoms with Crippen LogP contribution in [-0.4, -0.2) is 27.5 Å². The lowest BCUT2D eigenvalue weighted by Gasteiger charge is -2.44. The molecule has 3 aromatic rings. The number of hydrogen-bond acceptors (Lipinski definition) is 2. The minimum atomic E-state index is 0.606. The van der Waals surface area contributed by atoms with Crippen LogP contribution in [0, 0.1) is 0 Å². The van der Waals surface area contributed by atoms with Gasteiger partial charge >= 0.3 is 0 Å². The molecule has 2 aromatic heterocycles. The first-order valence-electron chi connectivity index (χ1n) is 9.54. The highest BCUT2D eigenvalue weighted by molar-refractivity contribution is 5.86. The molecule has 3 nitrogen and oxygen atoms in total. The molecule has 25 heavy (non-hydrogen) atoms. The first-order chi connectivity index (χ1) is 12.3. The second kappa shape index (κ2) is 5.99. The highest BCUT2D eigenvalue weighted by Crippen LogP contribution is 2.45. The van der Waals surface area contributed by atoms with Gasteiger partial charge in [0, 0.05) is 54.0 Å². The Hall–Kier alpha value is -2.13. The van der Waals surface area contributed by atoms with Gasteiger partial charge in [0.15, 0.2) is 0 Å². The summed E-state index contributed by atoms with van der Waals surface area (Å²) >= 11 is 0. The summed E-state index contributed by atoms with van der Waals surface area (Å²) in [5.74, 6) is 0. The predicted molar refractivity (Wildman–Crippen MR) is 102 cm³/mol. The minimum absolute atomic E-state index is 0.606. The van der Waals surface area contributed by atoms with E-state index in [0.29, 0.717) is 6.04 Å². The zero-order valence-corrected chi connectivity index (χ0v) is 14.9. The maximum absolute atomic E-state index is 4.15. The molecule has 0 N–H and O–H groups in total. The van der Waals surface area contributed by atoms with Crippen molar-refractivity contribution in [3.05, 3.63) is 65.6 Å². The van der Waals surface area contributed by atoms with Crippen molar-refractivity contribution >= 4 is 10.9 Å². The van der Waals surface area contributed by atoms with Crippen molar-refractivity contribution < 1.29 is 0 Å². The zero-order valence-electron chi connectivity index (χ0n) is 14.9. The van der Waals surface area contributed by atoms with Crippen molar-refractivity contribution in [3.63, 3.8) is 0 Å². The van der Waals surface area contributed by atoms with Crippen LogP contribution in [0.3, 0.4) is 0 Å². The number of pyridine rings is 1. The predicted octanol–water partition coefficient (Wildman–Crippen LogP) is 4.36. The molecule has 1 saturated heterocycles. The van der Waals surface area contributed by atoms with Crippen molar-refractivity contribution in [1.29, 1.82) is 0 Å². The number of nitrogens with zero attached hydrogens (tertiary/aromatic N) is 3. The molecule has 0 aliphatic carbocycles. The topological polar surface area (TPSA) is 21.1 Å². The lowest BCUT2D eigenvalue weighted by molar-refractivity contribution is 0.0988. The van der Waals surface area contributed by atoms with Gasteiger partial charge in [-0.05, 0) is 62.1 Å². The van der Waals surface area contributed by atoms with Gasteiger partial charge in [-0.15, -0.1) is 0 Å². The Labute approximate surface area is 149 Å². The Balaban J connectivity index is 1.61. The van der Waals surface area contributed by atoms with Crippen molar-refractivity contribution in [2.45, 2.75) is 50.7 Å². The summed E-state index contributed by atoms with van der Waals surface area (Å²) in [7, 11) is 2.33. The van der Waals surface area contributed by atoms with Crippen molar-refractivity contribution in [3.8, 4) is 0 Å². The molecule has 2 aliphatic heterocycles. The third-order valence-electron chi connectivity index (χ3n) is 6.34. The van der Waals surface area contributed by atoms with Crippen LogP contribution >= 0.6 is 0 Å². The summed E-state index contributed by atoms with van der Waals surface area (Å²) in [4.78, 5) is 6.79. The standard InChI is InChI=1S/C22H25N3/c1-24-17-5-4-8-20(24)22-18-6-2-3-7-19(18)25(21(22)15-17)14-11-16-9-12-23-13-10-16/h2-3,6-7,9-10,12-13,17,20H,4-5,8,11,14-15H2,1H3. The molecule has 0 radical (unpaired) electrons. The Bertz CT molecular complexity index is 896. The smallest absolute Gasteiger partial charge is 0.0486 e. The number of piperidine rings is 1. The highest BCUT2D eigenvalue weighted by Gasteiger charge is 2.38. The fraction of sp³-hybridized carbons (Fsp3) is 0.409. The van der Waals surface area contributed by atoms with Gasteiger partial charge in [-0.3, -0.25) is 9.88 Å². The van der Waals surface area contributed by atoms with Gasteiger partial charge in [-0.2, -0.15) is 0 Å². The van der Waals surface area contributed by atoms with E-state index in [2.05, 4.69) is 57.9 Å². The van der Waals surface area contributed by atoms with E-state index in [9.17, 15) is 0 Å². The van der Waals surface area contributed by atoms with E-state index in [1.807, 2.05) is 12.4 Å². The minimum Gasteiger partial charge on any atom is -0.344 e. The third-order valence-corrected chi connectivity index (χ3v) is 6.34. The highest BCUT2D eigenvalue weighted by atomic mass is 15.2. The van der Waals surface area contributed by atoms with Crippen LogP contribution in [-0.2, 0) is 19.4 Å². The lowest BCUT2D eigenvalue weighted by Crippen LogP contribution is -2.44. The van der Waals surface area contributed by atoms with Crippen LogP contribution in [0.5, 0.6) is 0 Å². The number of aromatic nitrogens is 2. The normalized spacial score (nSPS) is 22.9. The van der Waals surface area contributed by atoms with Crippen LogP contribution in [0.1, 0.15) is 42.1 Å². The average molecular weight is 331 g/mol. The molecule has 1 fully saturated rings. The molecule has 0 spiro atoms. The van der Waals surface area contributed by atoms with Gasteiger partial charge in [0.2, 0.25) is 0 Å². The number of benzene rings is 1. The van der Waals surface area contributed by atoms with E-state index in [1.54, 1.807) is 11.3 Å². The van der Waals surface area contributed by atoms with Crippen molar-refractivity contribution in [2.24, 2.45) is 0 Å². The average Bonchev–Trinajstić information content (AvgIpc) is 2.94. The maximum Gasteiger partial charge on any atom is 0.0486 e. The quantitative estimate of drug-likeness (QED) is 0.711. The molecule has 5 rings (SSSR count). The van der Waals surface area contributed by atoms with Gasteiger partial charge in [0.25, 0.3) is 0 Å². The van der Waals surface area contributed by atoms with Crippen LogP contribution in [0.15, 0.2) is 48.8 Å². The van der Waals surface area contributed by atoms with Crippen LogP contribution in [0.25, 0.3) is 10.9 Å². The molecule has 3 heteroatoms. The number of hydrogen-bond donors (Lipinski definition) is 0.